The van der Waals surface area contributed by atoms with Gasteiger partial charge in [0.25, 0.3) is 0 Å². The molecule has 0 bridgehead atoms. The van der Waals surface area contributed by atoms with E-state index in [1.54, 1.807) is 17.0 Å². The molecular formula is C16H17ClN4O3S3. The van der Waals surface area contributed by atoms with Crippen molar-refractivity contribution < 1.29 is 13.2 Å². The second-order valence-corrected chi connectivity index (χ2v) is 10.6. The van der Waals surface area contributed by atoms with E-state index in [2.05, 4.69) is 15.0 Å². The maximum atomic E-state index is 12.7. The van der Waals surface area contributed by atoms with Gasteiger partial charge in [0.05, 0.1) is 10.0 Å². The lowest BCUT2D eigenvalue weighted by molar-refractivity contribution is -0.118. The highest BCUT2D eigenvalue weighted by molar-refractivity contribution is 7.92. The Morgan fingerprint density at radius 1 is 1.37 bits per heavy atom. The van der Waals surface area contributed by atoms with Gasteiger partial charge in [-0.25, -0.2) is 13.4 Å². The lowest BCUT2D eigenvalue weighted by atomic mass is 10.2. The lowest BCUT2D eigenvalue weighted by Gasteiger charge is -2.13. The molecule has 4 heterocycles. The summed E-state index contributed by atoms with van der Waals surface area (Å²) in [5.74, 6) is -0.259. The summed E-state index contributed by atoms with van der Waals surface area (Å²) in [6.07, 6.45) is 2.73. The SMILES string of the molecule is O=C1[C@@H](NS(=O)(=O)/C=C/c2ccc(Cl)s2)CCN1c1nc2c(s1)CNCC2. The zero-order chi connectivity index (χ0) is 19.0. The van der Waals surface area contributed by atoms with Gasteiger partial charge in [-0.15, -0.1) is 11.3 Å². The molecule has 1 amide bonds. The summed E-state index contributed by atoms with van der Waals surface area (Å²) in [4.78, 5) is 20.7. The first-order valence-corrected chi connectivity index (χ1v) is 11.9. The molecule has 0 radical (unpaired) electrons. The van der Waals surface area contributed by atoms with Gasteiger partial charge in [0.15, 0.2) is 5.13 Å². The minimum absolute atomic E-state index is 0.259. The Hall–Kier alpha value is -1.30. The molecule has 144 valence electrons. The van der Waals surface area contributed by atoms with Crippen molar-refractivity contribution in [2.24, 2.45) is 0 Å². The molecule has 7 nitrogen and oxygen atoms in total. The van der Waals surface area contributed by atoms with Gasteiger partial charge in [-0.05, 0) is 24.6 Å². The summed E-state index contributed by atoms with van der Waals surface area (Å²) in [5.41, 5.74) is 1.03. The number of nitrogens with zero attached hydrogens (tertiary/aromatic N) is 2. The van der Waals surface area contributed by atoms with Crippen LogP contribution < -0.4 is 14.9 Å². The fourth-order valence-electron chi connectivity index (χ4n) is 3.02. The first kappa shape index (κ1) is 19.0. The Balaban J connectivity index is 1.44. The van der Waals surface area contributed by atoms with Crippen LogP contribution in [0.3, 0.4) is 0 Å². The molecule has 11 heteroatoms. The normalized spacial score (nSPS) is 20.6. The van der Waals surface area contributed by atoms with E-state index < -0.39 is 16.1 Å². The average molecular weight is 445 g/mol. The minimum atomic E-state index is -3.74. The monoisotopic (exact) mass is 444 g/mol. The predicted octanol–water partition coefficient (Wildman–Crippen LogP) is 2.20. The number of anilines is 1. The number of amides is 1. The fourth-order valence-corrected chi connectivity index (χ4v) is 6.20. The van der Waals surface area contributed by atoms with Crippen LogP contribution in [0.15, 0.2) is 17.5 Å². The second-order valence-electron chi connectivity index (χ2n) is 6.23. The molecule has 0 aromatic carbocycles. The number of rotatable bonds is 5. The summed E-state index contributed by atoms with van der Waals surface area (Å²) in [6, 6.07) is 2.67. The van der Waals surface area contributed by atoms with Crippen molar-refractivity contribution in [2.75, 3.05) is 18.0 Å². The molecule has 2 aliphatic rings. The van der Waals surface area contributed by atoms with E-state index in [-0.39, 0.29) is 5.91 Å². The Labute approximate surface area is 170 Å². The van der Waals surface area contributed by atoms with E-state index in [0.717, 1.165) is 40.4 Å². The zero-order valence-corrected chi connectivity index (χ0v) is 17.3. The summed E-state index contributed by atoms with van der Waals surface area (Å²) >= 11 is 8.62. The van der Waals surface area contributed by atoms with Crippen molar-refractivity contribution in [1.29, 1.82) is 0 Å². The van der Waals surface area contributed by atoms with E-state index in [0.29, 0.717) is 22.4 Å². The Bertz CT molecular complexity index is 975. The van der Waals surface area contributed by atoms with E-state index in [1.807, 2.05) is 0 Å². The molecule has 1 atom stereocenters. The number of hydrogen-bond acceptors (Lipinski definition) is 7. The molecule has 1 saturated heterocycles. The predicted molar refractivity (Wildman–Crippen MR) is 109 cm³/mol. The minimum Gasteiger partial charge on any atom is -0.311 e. The number of nitrogens with one attached hydrogen (secondary N) is 2. The quantitative estimate of drug-likeness (QED) is 0.737. The fraction of sp³-hybridized carbons (Fsp3) is 0.375. The Morgan fingerprint density at radius 3 is 2.96 bits per heavy atom. The highest BCUT2D eigenvalue weighted by atomic mass is 35.5. The number of carbonyl (C=O) groups excluding carboxylic acids is 1. The summed E-state index contributed by atoms with van der Waals surface area (Å²) < 4.78 is 27.7. The number of aromatic nitrogens is 1. The number of carbonyl (C=O) groups is 1. The van der Waals surface area contributed by atoms with Crippen LogP contribution in [0.5, 0.6) is 0 Å². The summed E-state index contributed by atoms with van der Waals surface area (Å²) in [5, 5.41) is 5.01. The number of thiazole rings is 1. The topological polar surface area (TPSA) is 91.4 Å². The van der Waals surface area contributed by atoms with E-state index in [1.165, 1.54) is 28.7 Å². The molecule has 2 aromatic rings. The maximum Gasteiger partial charge on any atom is 0.247 e. The third-order valence-electron chi connectivity index (χ3n) is 4.34. The van der Waals surface area contributed by atoms with Crippen molar-refractivity contribution in [3.63, 3.8) is 0 Å². The van der Waals surface area contributed by atoms with Crippen LogP contribution in [-0.2, 0) is 27.8 Å². The van der Waals surface area contributed by atoms with Gasteiger partial charge in [0.2, 0.25) is 15.9 Å². The van der Waals surface area contributed by atoms with Crippen molar-refractivity contribution in [3.8, 4) is 0 Å². The molecule has 0 spiro atoms. The van der Waals surface area contributed by atoms with Crippen molar-refractivity contribution >= 4 is 61.4 Å². The summed E-state index contributed by atoms with van der Waals surface area (Å²) in [6.45, 7) is 2.10. The van der Waals surface area contributed by atoms with Gasteiger partial charge < -0.3 is 5.32 Å². The maximum absolute atomic E-state index is 12.7. The van der Waals surface area contributed by atoms with E-state index >= 15 is 0 Å². The van der Waals surface area contributed by atoms with Gasteiger partial charge >= 0.3 is 0 Å². The van der Waals surface area contributed by atoms with Crippen LogP contribution in [0.25, 0.3) is 6.08 Å². The lowest BCUT2D eigenvalue weighted by Crippen LogP contribution is -2.40. The summed E-state index contributed by atoms with van der Waals surface area (Å²) in [7, 11) is -3.74. The third-order valence-corrected chi connectivity index (χ3v) is 7.76. The average Bonchev–Trinajstić information content (AvgIpc) is 3.32. The number of sulfonamides is 1. The first-order chi connectivity index (χ1) is 12.9. The number of halogens is 1. The molecule has 2 aliphatic heterocycles. The van der Waals surface area contributed by atoms with E-state index in [4.69, 9.17) is 11.6 Å². The molecular weight excluding hydrogens is 428 g/mol. The van der Waals surface area contributed by atoms with Crippen LogP contribution in [0.1, 0.15) is 21.9 Å². The van der Waals surface area contributed by atoms with Crippen molar-refractivity contribution in [1.82, 2.24) is 15.0 Å². The standard InChI is InChI=1S/C16H17ClN4O3S3/c17-14-2-1-10(25-14)5-8-27(23,24)20-12-4-7-21(15(12)22)16-19-11-3-6-18-9-13(11)26-16/h1-2,5,8,12,18,20H,3-4,6-7,9H2/b8-5+/t12-/m0/s1. The van der Waals surface area contributed by atoms with Crippen LogP contribution in [0, 0.1) is 0 Å². The molecule has 0 saturated carbocycles. The zero-order valence-electron chi connectivity index (χ0n) is 14.1. The van der Waals surface area contributed by atoms with Crippen LogP contribution in [-0.4, -0.2) is 38.4 Å². The van der Waals surface area contributed by atoms with Gasteiger partial charge in [-0.1, -0.05) is 22.9 Å². The molecule has 2 N–H and O–H groups in total. The third kappa shape index (κ3) is 4.25. The van der Waals surface area contributed by atoms with Crippen LogP contribution in [0.2, 0.25) is 4.34 Å². The van der Waals surface area contributed by atoms with Gasteiger partial charge in [0.1, 0.15) is 6.04 Å². The van der Waals surface area contributed by atoms with Gasteiger partial charge in [0, 0.05) is 41.2 Å². The second kappa shape index (κ2) is 7.61. The first-order valence-electron chi connectivity index (χ1n) is 8.38. The Morgan fingerprint density at radius 2 is 2.22 bits per heavy atom. The number of thiophene rings is 1. The van der Waals surface area contributed by atoms with E-state index in [9.17, 15) is 13.2 Å². The van der Waals surface area contributed by atoms with Crippen LogP contribution in [0.4, 0.5) is 5.13 Å². The van der Waals surface area contributed by atoms with Gasteiger partial charge in [-0.3, -0.25) is 9.69 Å². The molecule has 27 heavy (non-hydrogen) atoms. The molecule has 4 rings (SSSR count). The smallest absolute Gasteiger partial charge is 0.247 e. The number of hydrogen-bond donors (Lipinski definition) is 2. The van der Waals surface area contributed by atoms with Crippen LogP contribution >= 0.6 is 34.3 Å². The van der Waals surface area contributed by atoms with Crippen molar-refractivity contribution in [3.05, 3.63) is 37.3 Å². The highest BCUT2D eigenvalue weighted by Crippen LogP contribution is 2.31. The molecule has 2 aromatic heterocycles. The number of fused-ring (bicyclic) bond motifs is 1. The Kier molecular flexibility index (Phi) is 5.36. The largest absolute Gasteiger partial charge is 0.311 e. The molecule has 0 aliphatic carbocycles. The molecule has 0 unspecified atom stereocenters. The van der Waals surface area contributed by atoms with Gasteiger partial charge in [-0.2, -0.15) is 4.72 Å². The highest BCUT2D eigenvalue weighted by Gasteiger charge is 2.36. The molecule has 1 fully saturated rings. The van der Waals surface area contributed by atoms with Crippen molar-refractivity contribution in [2.45, 2.75) is 25.4 Å².